The fourth-order valence-corrected chi connectivity index (χ4v) is 2.43. The van der Waals surface area contributed by atoms with Crippen LogP contribution in [0.5, 0.6) is 0 Å². The zero-order valence-corrected chi connectivity index (χ0v) is 14.9. The second-order valence-electron chi connectivity index (χ2n) is 5.36. The van der Waals surface area contributed by atoms with E-state index in [1.807, 2.05) is 25.1 Å². The number of aromatic carboxylic acids is 1. The van der Waals surface area contributed by atoms with Crippen LogP contribution in [0, 0.1) is 6.92 Å². The Bertz CT molecular complexity index is 913. The van der Waals surface area contributed by atoms with Crippen LogP contribution in [0.2, 0.25) is 0 Å². The van der Waals surface area contributed by atoms with E-state index >= 15 is 0 Å². The van der Waals surface area contributed by atoms with Gasteiger partial charge in [-0.1, -0.05) is 15.9 Å². The van der Waals surface area contributed by atoms with Crippen molar-refractivity contribution in [1.82, 2.24) is 9.97 Å². The van der Waals surface area contributed by atoms with Gasteiger partial charge < -0.3 is 15.7 Å². The van der Waals surface area contributed by atoms with Crippen molar-refractivity contribution in [3.8, 4) is 0 Å². The highest BCUT2D eigenvalue weighted by atomic mass is 79.9. The molecular weight excluding hydrogens is 384 g/mol. The van der Waals surface area contributed by atoms with E-state index in [0.29, 0.717) is 11.8 Å². The molecule has 1 aromatic heterocycles. The molecule has 0 aliphatic carbocycles. The standard InChI is InChI=1S/C18H15BrN4O2/c1-11-10-14(6-7-15(11)19)22-18-20-9-8-16(23-18)21-13-4-2-12(3-5-13)17(24)25/h2-10H,1H3,(H,24,25)(H2,20,21,22,23). The van der Waals surface area contributed by atoms with Gasteiger partial charge in [0.05, 0.1) is 5.56 Å². The number of carboxylic acid groups (broad SMARTS) is 1. The summed E-state index contributed by atoms with van der Waals surface area (Å²) in [6.07, 6.45) is 1.65. The molecule has 0 unspecified atom stereocenters. The van der Waals surface area contributed by atoms with Crippen molar-refractivity contribution < 1.29 is 9.90 Å². The highest BCUT2D eigenvalue weighted by Gasteiger charge is 2.04. The molecule has 3 rings (SSSR count). The maximum absolute atomic E-state index is 10.9. The van der Waals surface area contributed by atoms with Crippen LogP contribution >= 0.6 is 15.9 Å². The molecule has 6 nitrogen and oxygen atoms in total. The average Bonchev–Trinajstić information content (AvgIpc) is 2.59. The minimum absolute atomic E-state index is 0.237. The second-order valence-corrected chi connectivity index (χ2v) is 6.22. The molecule has 126 valence electrons. The van der Waals surface area contributed by atoms with Crippen LogP contribution < -0.4 is 10.6 Å². The number of anilines is 4. The maximum Gasteiger partial charge on any atom is 0.335 e. The smallest absolute Gasteiger partial charge is 0.335 e. The van der Waals surface area contributed by atoms with Crippen LogP contribution in [0.4, 0.5) is 23.1 Å². The highest BCUT2D eigenvalue weighted by Crippen LogP contribution is 2.22. The number of benzene rings is 2. The normalized spacial score (nSPS) is 10.3. The molecule has 2 aromatic carbocycles. The molecule has 0 fully saturated rings. The second kappa shape index (κ2) is 7.31. The summed E-state index contributed by atoms with van der Waals surface area (Å²) >= 11 is 3.47. The van der Waals surface area contributed by atoms with Gasteiger partial charge in [-0.3, -0.25) is 0 Å². The highest BCUT2D eigenvalue weighted by molar-refractivity contribution is 9.10. The number of aromatic nitrogens is 2. The third kappa shape index (κ3) is 4.33. The monoisotopic (exact) mass is 398 g/mol. The molecule has 0 saturated heterocycles. The summed E-state index contributed by atoms with van der Waals surface area (Å²) < 4.78 is 1.04. The van der Waals surface area contributed by atoms with Crippen LogP contribution in [0.1, 0.15) is 15.9 Å². The summed E-state index contributed by atoms with van der Waals surface area (Å²) in [6.45, 7) is 2.01. The van der Waals surface area contributed by atoms with Crippen molar-refractivity contribution in [2.45, 2.75) is 6.92 Å². The lowest BCUT2D eigenvalue weighted by atomic mass is 10.2. The number of nitrogens with one attached hydrogen (secondary N) is 2. The maximum atomic E-state index is 10.9. The largest absolute Gasteiger partial charge is 0.478 e. The number of carboxylic acids is 1. The molecule has 0 amide bonds. The van der Waals surface area contributed by atoms with E-state index in [0.717, 1.165) is 21.4 Å². The number of nitrogens with zero attached hydrogens (tertiary/aromatic N) is 2. The Hall–Kier alpha value is -2.93. The van der Waals surface area contributed by atoms with E-state index in [2.05, 4.69) is 36.5 Å². The van der Waals surface area contributed by atoms with Gasteiger partial charge in [0.15, 0.2) is 0 Å². The van der Waals surface area contributed by atoms with Crippen molar-refractivity contribution in [3.05, 3.63) is 70.3 Å². The Morgan fingerprint density at radius 3 is 2.44 bits per heavy atom. The van der Waals surface area contributed by atoms with Crippen molar-refractivity contribution in [2.75, 3.05) is 10.6 Å². The van der Waals surface area contributed by atoms with Gasteiger partial charge in [-0.05, 0) is 61.0 Å². The van der Waals surface area contributed by atoms with Gasteiger partial charge in [-0.25, -0.2) is 9.78 Å². The van der Waals surface area contributed by atoms with E-state index in [1.54, 1.807) is 24.4 Å². The van der Waals surface area contributed by atoms with Gasteiger partial charge in [0.2, 0.25) is 5.95 Å². The minimum atomic E-state index is -0.954. The molecule has 0 radical (unpaired) electrons. The molecule has 0 atom stereocenters. The molecular formula is C18H15BrN4O2. The number of carbonyl (C=O) groups is 1. The van der Waals surface area contributed by atoms with E-state index in [9.17, 15) is 4.79 Å². The molecule has 0 bridgehead atoms. The lowest BCUT2D eigenvalue weighted by Crippen LogP contribution is -2.01. The Morgan fingerprint density at radius 2 is 1.76 bits per heavy atom. The lowest BCUT2D eigenvalue weighted by molar-refractivity contribution is 0.0697. The molecule has 1 heterocycles. The lowest BCUT2D eigenvalue weighted by Gasteiger charge is -2.09. The van der Waals surface area contributed by atoms with E-state index < -0.39 is 5.97 Å². The zero-order valence-electron chi connectivity index (χ0n) is 13.3. The predicted octanol–water partition coefficient (Wildman–Crippen LogP) is 4.73. The quantitative estimate of drug-likeness (QED) is 0.575. The van der Waals surface area contributed by atoms with Crippen LogP contribution in [0.15, 0.2) is 59.2 Å². The van der Waals surface area contributed by atoms with Gasteiger partial charge >= 0.3 is 5.97 Å². The molecule has 0 aliphatic heterocycles. The fraction of sp³-hybridized carbons (Fsp3) is 0.0556. The van der Waals surface area contributed by atoms with Crippen LogP contribution in [0.3, 0.4) is 0 Å². The molecule has 3 N–H and O–H groups in total. The molecule has 25 heavy (non-hydrogen) atoms. The van der Waals surface area contributed by atoms with Crippen molar-refractivity contribution in [2.24, 2.45) is 0 Å². The Morgan fingerprint density at radius 1 is 1.04 bits per heavy atom. The summed E-state index contributed by atoms with van der Waals surface area (Å²) in [6, 6.07) is 14.1. The van der Waals surface area contributed by atoms with Crippen LogP contribution in [0.25, 0.3) is 0 Å². The fourth-order valence-electron chi connectivity index (χ4n) is 2.18. The molecule has 0 aliphatic rings. The van der Waals surface area contributed by atoms with Crippen LogP contribution in [-0.4, -0.2) is 21.0 Å². The third-order valence-electron chi connectivity index (χ3n) is 3.47. The zero-order chi connectivity index (χ0) is 17.8. The first-order valence-electron chi connectivity index (χ1n) is 7.48. The molecule has 0 saturated carbocycles. The summed E-state index contributed by atoms with van der Waals surface area (Å²) in [5.41, 5.74) is 2.98. The van der Waals surface area contributed by atoms with Gasteiger partial charge in [0.1, 0.15) is 5.82 Å². The Labute approximate surface area is 153 Å². The number of hydrogen-bond acceptors (Lipinski definition) is 5. The van der Waals surface area contributed by atoms with Crippen molar-refractivity contribution in [3.63, 3.8) is 0 Å². The first-order valence-corrected chi connectivity index (χ1v) is 8.27. The van der Waals surface area contributed by atoms with Gasteiger partial charge in [0.25, 0.3) is 0 Å². The van der Waals surface area contributed by atoms with Gasteiger partial charge in [0, 0.05) is 22.0 Å². The third-order valence-corrected chi connectivity index (χ3v) is 4.36. The minimum Gasteiger partial charge on any atom is -0.478 e. The van der Waals surface area contributed by atoms with E-state index in [4.69, 9.17) is 5.11 Å². The van der Waals surface area contributed by atoms with Gasteiger partial charge in [-0.15, -0.1) is 0 Å². The topological polar surface area (TPSA) is 87.1 Å². The Balaban J connectivity index is 1.74. The number of halogens is 1. The SMILES string of the molecule is Cc1cc(Nc2nccc(Nc3ccc(C(=O)O)cc3)n2)ccc1Br. The molecule has 3 aromatic rings. The number of rotatable bonds is 5. The summed E-state index contributed by atoms with van der Waals surface area (Å²) in [5.74, 6) is 0.119. The summed E-state index contributed by atoms with van der Waals surface area (Å²) in [5, 5.41) is 15.2. The first kappa shape index (κ1) is 16.9. The van der Waals surface area contributed by atoms with E-state index in [-0.39, 0.29) is 5.56 Å². The first-order chi connectivity index (χ1) is 12.0. The Kier molecular flexibility index (Phi) is 4.95. The molecule has 0 spiro atoms. The summed E-state index contributed by atoms with van der Waals surface area (Å²) in [7, 11) is 0. The molecule has 7 heteroatoms. The van der Waals surface area contributed by atoms with E-state index in [1.165, 1.54) is 12.1 Å². The summed E-state index contributed by atoms with van der Waals surface area (Å²) in [4.78, 5) is 19.5. The predicted molar refractivity (Wildman–Crippen MR) is 101 cm³/mol. The number of hydrogen-bond donors (Lipinski definition) is 3. The average molecular weight is 399 g/mol. The van der Waals surface area contributed by atoms with Crippen molar-refractivity contribution >= 4 is 45.0 Å². The van der Waals surface area contributed by atoms with Crippen molar-refractivity contribution in [1.29, 1.82) is 0 Å². The number of aryl methyl sites for hydroxylation is 1. The van der Waals surface area contributed by atoms with Gasteiger partial charge in [-0.2, -0.15) is 4.98 Å². The van der Waals surface area contributed by atoms with Crippen LogP contribution in [-0.2, 0) is 0 Å².